The molecule has 8 heteroatoms. The van der Waals surface area contributed by atoms with Crippen molar-refractivity contribution in [2.75, 3.05) is 6.61 Å². The monoisotopic (exact) mass is 265 g/mol. The van der Waals surface area contributed by atoms with Gasteiger partial charge in [0.05, 0.1) is 12.7 Å². The van der Waals surface area contributed by atoms with E-state index in [0.717, 1.165) is 0 Å². The van der Waals surface area contributed by atoms with Crippen molar-refractivity contribution in [3.05, 3.63) is 0 Å². The molecule has 3 rings (SSSR count). The molecule has 0 amide bonds. The highest BCUT2D eigenvalue weighted by molar-refractivity contribution is 6.50. The molecule has 3 N–H and O–H groups in total. The van der Waals surface area contributed by atoms with Crippen LogP contribution in [0.4, 0.5) is 0 Å². The molecule has 0 aromatic rings. The Morgan fingerprint density at radius 1 is 1.47 bits per heavy atom. The lowest BCUT2D eigenvalue weighted by molar-refractivity contribution is -0.0353. The number of aliphatic hydroxyl groups is 2. The van der Waals surface area contributed by atoms with Crippen LogP contribution in [-0.4, -0.2) is 65.1 Å². The molecule has 0 saturated carbocycles. The summed E-state index contributed by atoms with van der Waals surface area (Å²) in [6, 6.07) is 0. The smallest absolute Gasteiger partial charge is 0.180 e. The van der Waals surface area contributed by atoms with Gasteiger partial charge in [0, 0.05) is 6.42 Å². The van der Waals surface area contributed by atoms with Gasteiger partial charge in [-0.2, -0.15) is 0 Å². The molecule has 3 heterocycles. The van der Waals surface area contributed by atoms with Gasteiger partial charge in [0.2, 0.25) is 0 Å². The van der Waals surface area contributed by atoms with Crippen molar-refractivity contribution in [3.63, 3.8) is 0 Å². The number of rotatable bonds is 3. The Bertz CT molecular complexity index is 501. The van der Waals surface area contributed by atoms with Gasteiger partial charge in [0.15, 0.2) is 11.5 Å². The molecule has 0 unspecified atom stereocenters. The SMILES string of the molecule is C[C@]1(N[C@@H]2C[C@H](O)[C@@H](CO)O2)N=CN=C2N=CN=C21. The van der Waals surface area contributed by atoms with Crippen LogP contribution in [-0.2, 0) is 4.74 Å². The molecule has 19 heavy (non-hydrogen) atoms. The van der Waals surface area contributed by atoms with E-state index >= 15 is 0 Å². The summed E-state index contributed by atoms with van der Waals surface area (Å²) in [5.74, 6) is 0.530. The number of nitrogens with one attached hydrogen (secondary N) is 1. The first-order valence-electron chi connectivity index (χ1n) is 6.07. The topological polar surface area (TPSA) is 111 Å². The van der Waals surface area contributed by atoms with E-state index in [4.69, 9.17) is 9.84 Å². The zero-order valence-corrected chi connectivity index (χ0v) is 10.4. The van der Waals surface area contributed by atoms with Gasteiger partial charge in [-0.1, -0.05) is 0 Å². The first-order chi connectivity index (χ1) is 9.12. The third-order valence-electron chi connectivity index (χ3n) is 3.38. The minimum atomic E-state index is -0.789. The fourth-order valence-corrected chi connectivity index (χ4v) is 2.36. The van der Waals surface area contributed by atoms with E-state index in [2.05, 4.69) is 25.3 Å². The second kappa shape index (κ2) is 4.57. The van der Waals surface area contributed by atoms with Gasteiger partial charge < -0.3 is 14.9 Å². The molecular weight excluding hydrogens is 250 g/mol. The largest absolute Gasteiger partial charge is 0.394 e. The molecule has 0 bridgehead atoms. The van der Waals surface area contributed by atoms with Crippen LogP contribution < -0.4 is 5.32 Å². The van der Waals surface area contributed by atoms with E-state index in [1.165, 1.54) is 12.7 Å². The Morgan fingerprint density at radius 2 is 2.32 bits per heavy atom. The number of amidine groups is 1. The Kier molecular flexibility index (Phi) is 3.02. The average molecular weight is 265 g/mol. The summed E-state index contributed by atoms with van der Waals surface area (Å²) in [5, 5.41) is 22.0. The summed E-state index contributed by atoms with van der Waals surface area (Å²) < 4.78 is 5.52. The maximum absolute atomic E-state index is 9.72. The summed E-state index contributed by atoms with van der Waals surface area (Å²) in [4.78, 5) is 16.5. The van der Waals surface area contributed by atoms with Crippen molar-refractivity contribution in [2.24, 2.45) is 20.0 Å². The lowest BCUT2D eigenvalue weighted by atomic mass is 10.0. The third kappa shape index (κ3) is 2.12. The molecule has 0 aromatic heterocycles. The summed E-state index contributed by atoms with van der Waals surface area (Å²) in [6.07, 6.45) is 1.59. The van der Waals surface area contributed by atoms with Gasteiger partial charge in [0.25, 0.3) is 0 Å². The quantitative estimate of drug-likeness (QED) is 0.588. The average Bonchev–Trinajstić information content (AvgIpc) is 2.96. The molecule has 102 valence electrons. The summed E-state index contributed by atoms with van der Waals surface area (Å²) in [6.45, 7) is 1.63. The number of aliphatic hydroxyl groups excluding tert-OH is 2. The van der Waals surface area contributed by atoms with E-state index in [9.17, 15) is 5.11 Å². The second-order valence-electron chi connectivity index (χ2n) is 4.78. The van der Waals surface area contributed by atoms with Gasteiger partial charge in [0.1, 0.15) is 30.7 Å². The minimum absolute atomic E-state index is 0.212. The minimum Gasteiger partial charge on any atom is -0.394 e. The molecule has 1 saturated heterocycles. The van der Waals surface area contributed by atoms with Crippen LogP contribution in [0.1, 0.15) is 13.3 Å². The van der Waals surface area contributed by atoms with Crippen molar-refractivity contribution < 1.29 is 14.9 Å². The maximum Gasteiger partial charge on any atom is 0.180 e. The number of hydrogen-bond acceptors (Lipinski definition) is 8. The van der Waals surface area contributed by atoms with Gasteiger partial charge in [-0.25, -0.2) is 20.0 Å². The highest BCUT2D eigenvalue weighted by Gasteiger charge is 2.42. The molecule has 1 fully saturated rings. The predicted molar refractivity (Wildman–Crippen MR) is 69.8 cm³/mol. The maximum atomic E-state index is 9.72. The normalized spacial score (nSPS) is 40.3. The number of ether oxygens (including phenoxy) is 1. The van der Waals surface area contributed by atoms with Crippen LogP contribution in [0, 0.1) is 0 Å². The Hall–Kier alpha value is -1.48. The van der Waals surface area contributed by atoms with Crippen LogP contribution >= 0.6 is 0 Å². The van der Waals surface area contributed by atoms with E-state index < -0.39 is 24.1 Å². The van der Waals surface area contributed by atoms with Crippen molar-refractivity contribution >= 4 is 24.2 Å². The zero-order valence-electron chi connectivity index (χ0n) is 10.4. The number of fused-ring (bicyclic) bond motifs is 1. The molecular formula is C11H15N5O3. The molecule has 8 nitrogen and oxygen atoms in total. The summed E-state index contributed by atoms with van der Waals surface area (Å²) in [5.41, 5.74) is -0.164. The molecule has 0 radical (unpaired) electrons. The molecule has 4 atom stereocenters. The summed E-state index contributed by atoms with van der Waals surface area (Å²) in [7, 11) is 0. The second-order valence-corrected chi connectivity index (χ2v) is 4.78. The van der Waals surface area contributed by atoms with E-state index in [0.29, 0.717) is 18.0 Å². The number of aliphatic imine (C=N–C) groups is 4. The Morgan fingerprint density at radius 3 is 3.05 bits per heavy atom. The van der Waals surface area contributed by atoms with Crippen LogP contribution in [0.2, 0.25) is 0 Å². The first kappa shape index (κ1) is 12.5. The first-order valence-corrected chi connectivity index (χ1v) is 6.07. The van der Waals surface area contributed by atoms with Crippen LogP contribution in [0.5, 0.6) is 0 Å². The van der Waals surface area contributed by atoms with Gasteiger partial charge in [-0.3, -0.25) is 5.32 Å². The van der Waals surface area contributed by atoms with E-state index in [1.54, 1.807) is 0 Å². The molecule has 3 aliphatic heterocycles. The van der Waals surface area contributed by atoms with Crippen molar-refractivity contribution in [2.45, 2.75) is 37.4 Å². The van der Waals surface area contributed by atoms with Crippen LogP contribution in [0.15, 0.2) is 20.0 Å². The predicted octanol–water partition coefficient (Wildman–Crippen LogP) is -1.32. The molecule has 0 aliphatic carbocycles. The van der Waals surface area contributed by atoms with Crippen molar-refractivity contribution in [1.82, 2.24) is 5.32 Å². The van der Waals surface area contributed by atoms with Gasteiger partial charge in [-0.05, 0) is 6.92 Å². The van der Waals surface area contributed by atoms with E-state index in [-0.39, 0.29) is 6.61 Å². The van der Waals surface area contributed by atoms with E-state index in [1.807, 2.05) is 6.92 Å². The Labute approximate surface area is 109 Å². The van der Waals surface area contributed by atoms with Gasteiger partial charge >= 0.3 is 0 Å². The fourth-order valence-electron chi connectivity index (χ4n) is 2.36. The Balaban J connectivity index is 1.74. The zero-order chi connectivity index (χ0) is 13.5. The van der Waals surface area contributed by atoms with Crippen LogP contribution in [0.25, 0.3) is 0 Å². The number of hydrogen-bond donors (Lipinski definition) is 3. The lowest BCUT2D eigenvalue weighted by Gasteiger charge is -2.30. The van der Waals surface area contributed by atoms with Crippen molar-refractivity contribution in [1.29, 1.82) is 0 Å². The summed E-state index contributed by atoms with van der Waals surface area (Å²) >= 11 is 0. The third-order valence-corrected chi connectivity index (χ3v) is 3.38. The van der Waals surface area contributed by atoms with Crippen LogP contribution in [0.3, 0.4) is 0 Å². The molecule has 0 spiro atoms. The standard InChI is InChI=1S/C11H15N5O3/c1-11(9-10(13-4-12-9)14-5-15-11)16-8-2-6(18)7(3-17)19-8/h4-8,16-18H,2-3H2,1H3/t6-,7+,8-,11+/m0/s1. The highest BCUT2D eigenvalue weighted by Crippen LogP contribution is 2.24. The van der Waals surface area contributed by atoms with Gasteiger partial charge in [-0.15, -0.1) is 0 Å². The molecule has 0 aromatic carbocycles. The highest BCUT2D eigenvalue weighted by atomic mass is 16.5. The van der Waals surface area contributed by atoms with Crippen molar-refractivity contribution in [3.8, 4) is 0 Å². The lowest BCUT2D eigenvalue weighted by Crippen LogP contribution is -2.55. The number of nitrogens with zero attached hydrogens (tertiary/aromatic N) is 4. The molecule has 3 aliphatic rings. The fraction of sp³-hybridized carbons (Fsp3) is 0.636.